The number of amides is 1. The molecule has 1 amide bonds. The number of aliphatic hydroxyl groups excluding tert-OH is 1. The highest BCUT2D eigenvalue weighted by Crippen LogP contribution is 2.38. The number of nitrogens with zero attached hydrogens (tertiary/aromatic N) is 2. The van der Waals surface area contributed by atoms with Gasteiger partial charge < -0.3 is 15.0 Å². The fourth-order valence-corrected chi connectivity index (χ4v) is 4.40. The van der Waals surface area contributed by atoms with Gasteiger partial charge in [-0.15, -0.1) is 0 Å². The van der Waals surface area contributed by atoms with Crippen molar-refractivity contribution in [2.45, 2.75) is 45.6 Å². The van der Waals surface area contributed by atoms with Gasteiger partial charge in [0.1, 0.15) is 11.8 Å². The molecular formula is C21H24N4O2. The molecule has 1 atom stereocenters. The third kappa shape index (κ3) is 2.67. The van der Waals surface area contributed by atoms with Crippen LogP contribution in [0.4, 0.5) is 5.69 Å². The van der Waals surface area contributed by atoms with Gasteiger partial charge in [0.2, 0.25) is 0 Å². The van der Waals surface area contributed by atoms with Crippen LogP contribution in [0.15, 0.2) is 24.3 Å². The van der Waals surface area contributed by atoms with Crippen molar-refractivity contribution in [2.24, 2.45) is 5.41 Å². The molecule has 1 aliphatic carbocycles. The molecule has 3 N–H and O–H groups in total. The van der Waals surface area contributed by atoms with E-state index in [0.717, 1.165) is 47.2 Å². The summed E-state index contributed by atoms with van der Waals surface area (Å²) in [6.07, 6.45) is 2.84. The van der Waals surface area contributed by atoms with Crippen LogP contribution in [0.1, 0.15) is 37.9 Å². The first-order valence-electron chi connectivity index (χ1n) is 9.60. The summed E-state index contributed by atoms with van der Waals surface area (Å²) in [5, 5.41) is 18.6. The minimum atomic E-state index is -0.875. The number of anilines is 1. The first-order valence-corrected chi connectivity index (χ1v) is 9.60. The van der Waals surface area contributed by atoms with E-state index in [-0.39, 0.29) is 5.91 Å². The summed E-state index contributed by atoms with van der Waals surface area (Å²) in [4.78, 5) is 17.2. The number of aromatic nitrogens is 3. The van der Waals surface area contributed by atoms with Crippen molar-refractivity contribution in [3.8, 4) is 11.4 Å². The minimum absolute atomic E-state index is 0.217. The maximum absolute atomic E-state index is 12.1. The van der Waals surface area contributed by atoms with E-state index in [1.807, 2.05) is 18.2 Å². The quantitative estimate of drug-likeness (QED) is 0.653. The zero-order valence-corrected chi connectivity index (χ0v) is 15.7. The molecule has 1 saturated heterocycles. The Morgan fingerprint density at radius 3 is 2.93 bits per heavy atom. The Kier molecular flexibility index (Phi) is 3.49. The normalized spacial score (nSPS) is 21.8. The van der Waals surface area contributed by atoms with E-state index in [9.17, 15) is 9.90 Å². The molecule has 6 nitrogen and oxygen atoms in total. The number of fused-ring (bicyclic) bond motifs is 2. The zero-order valence-electron chi connectivity index (χ0n) is 15.7. The molecule has 1 unspecified atom stereocenters. The SMILES string of the molecule is CC1(C)CCc2c(-c3cc4ccc(N5CCC(O)C5=O)cc4[nH]3)n[nH]c2C1. The molecular weight excluding hydrogens is 340 g/mol. The number of H-pyrrole nitrogens is 2. The number of aliphatic hydroxyl groups is 1. The lowest BCUT2D eigenvalue weighted by atomic mass is 9.76. The van der Waals surface area contributed by atoms with Crippen LogP contribution in [-0.4, -0.2) is 38.8 Å². The maximum atomic E-state index is 12.1. The second-order valence-electron chi connectivity index (χ2n) is 8.62. The van der Waals surface area contributed by atoms with Crippen molar-refractivity contribution < 1.29 is 9.90 Å². The molecule has 1 aliphatic heterocycles. The average molecular weight is 364 g/mol. The molecule has 140 valence electrons. The van der Waals surface area contributed by atoms with Crippen LogP contribution in [0, 0.1) is 5.41 Å². The van der Waals surface area contributed by atoms with Crippen molar-refractivity contribution in [2.75, 3.05) is 11.4 Å². The molecule has 2 aliphatic rings. The summed E-state index contributed by atoms with van der Waals surface area (Å²) in [7, 11) is 0. The van der Waals surface area contributed by atoms with Crippen molar-refractivity contribution >= 4 is 22.5 Å². The van der Waals surface area contributed by atoms with Crippen molar-refractivity contribution in [3.05, 3.63) is 35.5 Å². The van der Waals surface area contributed by atoms with E-state index in [4.69, 9.17) is 0 Å². The number of benzene rings is 1. The van der Waals surface area contributed by atoms with Crippen LogP contribution >= 0.6 is 0 Å². The number of hydrogen-bond acceptors (Lipinski definition) is 3. The predicted octanol–water partition coefficient (Wildman–Crippen LogP) is 3.17. The van der Waals surface area contributed by atoms with Gasteiger partial charge in [0.25, 0.3) is 5.91 Å². The Morgan fingerprint density at radius 1 is 1.30 bits per heavy atom. The van der Waals surface area contributed by atoms with E-state index in [1.165, 1.54) is 11.3 Å². The Bertz CT molecular complexity index is 1050. The third-order valence-corrected chi connectivity index (χ3v) is 6.01. The number of rotatable bonds is 2. The molecule has 3 aromatic rings. The van der Waals surface area contributed by atoms with Crippen LogP contribution in [0.3, 0.4) is 0 Å². The van der Waals surface area contributed by atoms with Gasteiger partial charge >= 0.3 is 0 Å². The fraction of sp³-hybridized carbons (Fsp3) is 0.429. The molecule has 27 heavy (non-hydrogen) atoms. The molecule has 1 aromatic carbocycles. The molecule has 1 fully saturated rings. The summed E-state index contributed by atoms with van der Waals surface area (Å²) >= 11 is 0. The number of nitrogens with one attached hydrogen (secondary N) is 2. The summed E-state index contributed by atoms with van der Waals surface area (Å²) in [6, 6.07) is 8.07. The number of hydrogen-bond donors (Lipinski definition) is 3. The Hall–Kier alpha value is -2.60. The molecule has 6 heteroatoms. The van der Waals surface area contributed by atoms with Crippen LogP contribution < -0.4 is 4.90 Å². The van der Waals surface area contributed by atoms with Gasteiger partial charge in [-0.25, -0.2) is 0 Å². The smallest absolute Gasteiger partial charge is 0.255 e. The van der Waals surface area contributed by atoms with Gasteiger partial charge in [0, 0.05) is 40.8 Å². The van der Waals surface area contributed by atoms with E-state index in [2.05, 4.69) is 35.1 Å². The minimum Gasteiger partial charge on any atom is -0.383 e. The second-order valence-corrected chi connectivity index (χ2v) is 8.62. The maximum Gasteiger partial charge on any atom is 0.255 e. The summed E-state index contributed by atoms with van der Waals surface area (Å²) < 4.78 is 0. The number of aromatic amines is 2. The molecule has 0 spiro atoms. The standard InChI is InChI=1S/C21H24N4O2/c1-21(2)7-5-14-17(11-21)23-24-19(14)16-9-12-3-4-13(10-15(12)22-16)25-8-6-18(26)20(25)27/h3-4,9-10,18,22,26H,5-8,11H2,1-2H3,(H,23,24). The fourth-order valence-electron chi connectivity index (χ4n) is 4.40. The van der Waals surface area contributed by atoms with Gasteiger partial charge in [-0.2, -0.15) is 5.10 Å². The van der Waals surface area contributed by atoms with Crippen molar-refractivity contribution in [1.82, 2.24) is 15.2 Å². The Labute approximate surface area is 157 Å². The van der Waals surface area contributed by atoms with Crippen LogP contribution in [0.2, 0.25) is 0 Å². The van der Waals surface area contributed by atoms with E-state index in [0.29, 0.717) is 18.4 Å². The Balaban J connectivity index is 1.51. The molecule has 3 heterocycles. The predicted molar refractivity (Wildman–Crippen MR) is 105 cm³/mol. The topological polar surface area (TPSA) is 85.0 Å². The summed E-state index contributed by atoms with van der Waals surface area (Å²) in [6.45, 7) is 5.16. The molecule has 5 rings (SSSR count). The first kappa shape index (κ1) is 16.6. The molecule has 0 bridgehead atoms. The lowest BCUT2D eigenvalue weighted by molar-refractivity contribution is -0.123. The average Bonchev–Trinajstić information content (AvgIpc) is 3.30. The van der Waals surface area contributed by atoms with E-state index < -0.39 is 6.10 Å². The van der Waals surface area contributed by atoms with E-state index >= 15 is 0 Å². The summed E-state index contributed by atoms with van der Waals surface area (Å²) in [5.41, 5.74) is 6.70. The molecule has 2 aromatic heterocycles. The lowest BCUT2D eigenvalue weighted by Crippen LogP contribution is -2.28. The van der Waals surface area contributed by atoms with Crippen molar-refractivity contribution in [3.63, 3.8) is 0 Å². The highest BCUT2D eigenvalue weighted by molar-refractivity contribution is 6.00. The van der Waals surface area contributed by atoms with Gasteiger partial charge in [0.05, 0.1) is 5.69 Å². The highest BCUT2D eigenvalue weighted by atomic mass is 16.3. The van der Waals surface area contributed by atoms with Gasteiger partial charge in [-0.05, 0) is 42.9 Å². The van der Waals surface area contributed by atoms with Gasteiger partial charge in [-0.3, -0.25) is 9.89 Å². The largest absolute Gasteiger partial charge is 0.383 e. The van der Waals surface area contributed by atoms with Crippen LogP contribution in [-0.2, 0) is 17.6 Å². The van der Waals surface area contributed by atoms with Crippen LogP contribution in [0.25, 0.3) is 22.3 Å². The van der Waals surface area contributed by atoms with E-state index in [1.54, 1.807) is 4.90 Å². The zero-order chi connectivity index (χ0) is 18.8. The number of carbonyl (C=O) groups is 1. The third-order valence-electron chi connectivity index (χ3n) is 6.01. The van der Waals surface area contributed by atoms with Gasteiger partial charge in [0.15, 0.2) is 0 Å². The lowest BCUT2D eigenvalue weighted by Gasteiger charge is -2.28. The monoisotopic (exact) mass is 364 g/mol. The van der Waals surface area contributed by atoms with Gasteiger partial charge in [-0.1, -0.05) is 19.9 Å². The van der Waals surface area contributed by atoms with Crippen LogP contribution in [0.5, 0.6) is 0 Å². The highest BCUT2D eigenvalue weighted by Gasteiger charge is 2.31. The summed E-state index contributed by atoms with van der Waals surface area (Å²) in [5.74, 6) is -0.217. The molecule has 0 radical (unpaired) electrons. The van der Waals surface area contributed by atoms with Crippen molar-refractivity contribution in [1.29, 1.82) is 0 Å². The number of carbonyl (C=O) groups excluding carboxylic acids is 1. The first-order chi connectivity index (χ1) is 12.9. The molecule has 0 saturated carbocycles. The Morgan fingerprint density at radius 2 is 2.15 bits per heavy atom. The second kappa shape index (κ2) is 5.70.